The number of allylic oxidation sites excluding steroid dienone is 4. The Hall–Kier alpha value is -0.560. The van der Waals surface area contributed by atoms with Gasteiger partial charge in [0.2, 0.25) is 0 Å². The van der Waals surface area contributed by atoms with Crippen LogP contribution in [0.5, 0.6) is 0 Å². The Kier molecular flexibility index (Phi) is 4.09. The van der Waals surface area contributed by atoms with E-state index in [1.54, 1.807) is 0 Å². The molecular weight excluding hydrogens is 148 g/mol. The van der Waals surface area contributed by atoms with Crippen molar-refractivity contribution in [1.29, 1.82) is 0 Å². The molecule has 0 radical (unpaired) electrons. The van der Waals surface area contributed by atoms with Gasteiger partial charge >= 0.3 is 0 Å². The van der Waals surface area contributed by atoms with E-state index in [1.807, 2.05) is 6.92 Å². The van der Waals surface area contributed by atoms with Crippen molar-refractivity contribution in [2.45, 2.75) is 45.1 Å². The van der Waals surface area contributed by atoms with Gasteiger partial charge in [0.15, 0.2) is 0 Å². The highest BCUT2D eigenvalue weighted by Gasteiger charge is 2.04. The lowest BCUT2D eigenvalue weighted by atomic mass is 9.98. The van der Waals surface area contributed by atoms with Gasteiger partial charge in [-0.2, -0.15) is 0 Å². The van der Waals surface area contributed by atoms with Gasteiger partial charge in [0.1, 0.15) is 0 Å². The standard InChI is InChI=1S/C11H18O/c1-2-11(12)9-8-10-6-4-3-5-7-10/h3-4,6,11-12H,2,5,7-9H2,1H3. The van der Waals surface area contributed by atoms with Crippen molar-refractivity contribution in [3.05, 3.63) is 23.8 Å². The van der Waals surface area contributed by atoms with Crippen LogP contribution in [0.2, 0.25) is 0 Å². The molecule has 1 aliphatic carbocycles. The topological polar surface area (TPSA) is 20.2 Å². The highest BCUT2D eigenvalue weighted by molar-refractivity contribution is 5.17. The Balaban J connectivity index is 2.22. The van der Waals surface area contributed by atoms with Gasteiger partial charge in [-0.05, 0) is 32.1 Å². The molecule has 0 aliphatic heterocycles. The minimum absolute atomic E-state index is 0.100. The summed E-state index contributed by atoms with van der Waals surface area (Å²) < 4.78 is 0. The minimum Gasteiger partial charge on any atom is -0.393 e. The molecule has 0 spiro atoms. The third kappa shape index (κ3) is 3.22. The van der Waals surface area contributed by atoms with Crippen LogP contribution in [0.3, 0.4) is 0 Å². The van der Waals surface area contributed by atoms with E-state index in [4.69, 9.17) is 0 Å². The fourth-order valence-corrected chi connectivity index (χ4v) is 1.42. The highest BCUT2D eigenvalue weighted by atomic mass is 16.3. The van der Waals surface area contributed by atoms with E-state index >= 15 is 0 Å². The van der Waals surface area contributed by atoms with E-state index in [9.17, 15) is 5.11 Å². The van der Waals surface area contributed by atoms with Gasteiger partial charge in [0.25, 0.3) is 0 Å². The fraction of sp³-hybridized carbons (Fsp3) is 0.636. The van der Waals surface area contributed by atoms with Crippen molar-refractivity contribution in [1.82, 2.24) is 0 Å². The normalized spacial score (nSPS) is 19.0. The van der Waals surface area contributed by atoms with Crippen LogP contribution in [-0.2, 0) is 0 Å². The summed E-state index contributed by atoms with van der Waals surface area (Å²) in [5.41, 5.74) is 1.49. The summed E-state index contributed by atoms with van der Waals surface area (Å²) >= 11 is 0. The zero-order valence-electron chi connectivity index (χ0n) is 7.79. The summed E-state index contributed by atoms with van der Waals surface area (Å²) in [7, 11) is 0. The lowest BCUT2D eigenvalue weighted by molar-refractivity contribution is 0.160. The second-order valence-electron chi connectivity index (χ2n) is 3.39. The van der Waals surface area contributed by atoms with Gasteiger partial charge in [0.05, 0.1) is 6.10 Å². The summed E-state index contributed by atoms with van der Waals surface area (Å²) in [5.74, 6) is 0. The first-order valence-corrected chi connectivity index (χ1v) is 4.85. The van der Waals surface area contributed by atoms with Crippen LogP contribution >= 0.6 is 0 Å². The van der Waals surface area contributed by atoms with Crippen LogP contribution in [0.15, 0.2) is 23.8 Å². The molecule has 0 fully saturated rings. The van der Waals surface area contributed by atoms with E-state index in [0.29, 0.717) is 0 Å². The molecule has 1 aliphatic rings. The first-order chi connectivity index (χ1) is 5.83. The van der Waals surface area contributed by atoms with E-state index in [0.717, 1.165) is 19.3 Å². The van der Waals surface area contributed by atoms with E-state index in [-0.39, 0.29) is 6.10 Å². The second-order valence-corrected chi connectivity index (χ2v) is 3.39. The van der Waals surface area contributed by atoms with Crippen LogP contribution in [0.25, 0.3) is 0 Å². The molecule has 1 N–H and O–H groups in total. The van der Waals surface area contributed by atoms with Gasteiger partial charge in [-0.25, -0.2) is 0 Å². The van der Waals surface area contributed by atoms with Gasteiger partial charge in [-0.15, -0.1) is 0 Å². The fourth-order valence-electron chi connectivity index (χ4n) is 1.42. The molecule has 0 aromatic carbocycles. The zero-order chi connectivity index (χ0) is 8.81. The van der Waals surface area contributed by atoms with Crippen LogP contribution in [0.1, 0.15) is 39.0 Å². The van der Waals surface area contributed by atoms with Crippen LogP contribution in [0.4, 0.5) is 0 Å². The SMILES string of the molecule is CCC(O)CCC1=CC=CCC1. The third-order valence-corrected chi connectivity index (χ3v) is 2.37. The Morgan fingerprint density at radius 1 is 1.58 bits per heavy atom. The molecular formula is C11H18O. The average Bonchev–Trinajstić information content (AvgIpc) is 2.16. The third-order valence-electron chi connectivity index (χ3n) is 2.37. The van der Waals surface area contributed by atoms with Crippen LogP contribution in [0, 0.1) is 0 Å². The monoisotopic (exact) mass is 166 g/mol. The number of hydrogen-bond donors (Lipinski definition) is 1. The lowest BCUT2D eigenvalue weighted by Gasteiger charge is -2.11. The van der Waals surface area contributed by atoms with Crippen LogP contribution in [-0.4, -0.2) is 11.2 Å². The minimum atomic E-state index is -0.100. The van der Waals surface area contributed by atoms with E-state index in [2.05, 4.69) is 18.2 Å². The van der Waals surface area contributed by atoms with Crippen molar-refractivity contribution in [3.8, 4) is 0 Å². The molecule has 12 heavy (non-hydrogen) atoms. The van der Waals surface area contributed by atoms with Crippen molar-refractivity contribution in [3.63, 3.8) is 0 Å². The molecule has 0 saturated carbocycles. The Morgan fingerprint density at radius 2 is 2.42 bits per heavy atom. The first-order valence-electron chi connectivity index (χ1n) is 4.85. The average molecular weight is 166 g/mol. The first kappa shape index (κ1) is 9.53. The van der Waals surface area contributed by atoms with Gasteiger partial charge in [-0.3, -0.25) is 0 Å². The van der Waals surface area contributed by atoms with E-state index < -0.39 is 0 Å². The van der Waals surface area contributed by atoms with Gasteiger partial charge in [0, 0.05) is 0 Å². The maximum Gasteiger partial charge on any atom is 0.0540 e. The van der Waals surface area contributed by atoms with Gasteiger partial charge in [-0.1, -0.05) is 30.7 Å². The number of aliphatic hydroxyl groups is 1. The molecule has 68 valence electrons. The van der Waals surface area contributed by atoms with Crippen molar-refractivity contribution >= 4 is 0 Å². The van der Waals surface area contributed by atoms with Crippen molar-refractivity contribution in [2.24, 2.45) is 0 Å². The predicted molar refractivity (Wildman–Crippen MR) is 52.0 cm³/mol. The molecule has 0 heterocycles. The largest absolute Gasteiger partial charge is 0.393 e. The van der Waals surface area contributed by atoms with Gasteiger partial charge < -0.3 is 5.11 Å². The molecule has 0 aromatic heterocycles. The Morgan fingerprint density at radius 3 is 3.00 bits per heavy atom. The smallest absolute Gasteiger partial charge is 0.0540 e. The summed E-state index contributed by atoms with van der Waals surface area (Å²) in [4.78, 5) is 0. The summed E-state index contributed by atoms with van der Waals surface area (Å²) in [6, 6.07) is 0. The molecule has 0 aromatic rings. The maximum absolute atomic E-state index is 9.34. The Labute approximate surface area is 74.8 Å². The second kappa shape index (κ2) is 5.15. The predicted octanol–water partition coefficient (Wildman–Crippen LogP) is 2.81. The molecule has 1 atom stereocenters. The zero-order valence-corrected chi connectivity index (χ0v) is 7.79. The summed E-state index contributed by atoms with van der Waals surface area (Å²) in [6.45, 7) is 2.03. The molecule has 1 heteroatoms. The van der Waals surface area contributed by atoms with Crippen LogP contribution < -0.4 is 0 Å². The van der Waals surface area contributed by atoms with Crippen molar-refractivity contribution in [2.75, 3.05) is 0 Å². The highest BCUT2D eigenvalue weighted by Crippen LogP contribution is 2.18. The molecule has 0 amide bonds. The number of aliphatic hydroxyl groups excluding tert-OH is 1. The lowest BCUT2D eigenvalue weighted by Crippen LogP contribution is -2.04. The molecule has 1 rings (SSSR count). The molecule has 0 saturated heterocycles. The summed E-state index contributed by atoms with van der Waals surface area (Å²) in [6.07, 6.45) is 11.6. The Bertz CT molecular complexity index is 179. The molecule has 1 unspecified atom stereocenters. The number of rotatable bonds is 4. The quantitative estimate of drug-likeness (QED) is 0.681. The molecule has 0 bridgehead atoms. The number of hydrogen-bond acceptors (Lipinski definition) is 1. The summed E-state index contributed by atoms with van der Waals surface area (Å²) in [5, 5.41) is 9.34. The van der Waals surface area contributed by atoms with Crippen molar-refractivity contribution < 1.29 is 5.11 Å². The maximum atomic E-state index is 9.34. The van der Waals surface area contributed by atoms with E-state index in [1.165, 1.54) is 18.4 Å². The molecule has 1 nitrogen and oxygen atoms in total.